The summed E-state index contributed by atoms with van der Waals surface area (Å²) in [7, 11) is 0. The van der Waals surface area contributed by atoms with E-state index >= 15 is 0 Å². The Balaban J connectivity index is 1.41. The lowest BCUT2D eigenvalue weighted by molar-refractivity contribution is 0.262. The molecule has 4 aromatic rings. The fourth-order valence-corrected chi connectivity index (χ4v) is 3.50. The van der Waals surface area contributed by atoms with Gasteiger partial charge in [0.15, 0.2) is 0 Å². The van der Waals surface area contributed by atoms with Crippen LogP contribution >= 0.6 is 11.8 Å². The van der Waals surface area contributed by atoms with Gasteiger partial charge in [-0.25, -0.2) is 14.8 Å². The Hall–Kier alpha value is -3.85. The number of hydrogen-bond donors (Lipinski definition) is 2. The first-order chi connectivity index (χ1) is 15.5. The Morgan fingerprint density at radius 1 is 1.00 bits per heavy atom. The van der Waals surface area contributed by atoms with Gasteiger partial charge in [-0.3, -0.25) is 4.57 Å². The molecule has 2 heterocycles. The zero-order chi connectivity index (χ0) is 22.5. The third kappa shape index (κ3) is 5.25. The van der Waals surface area contributed by atoms with Crippen LogP contribution in [0.4, 0.5) is 16.2 Å². The van der Waals surface area contributed by atoms with Gasteiger partial charge in [0.1, 0.15) is 23.2 Å². The summed E-state index contributed by atoms with van der Waals surface area (Å²) >= 11 is 1.62. The molecule has 0 saturated carbocycles. The van der Waals surface area contributed by atoms with Gasteiger partial charge in [-0.05, 0) is 62.6 Å². The second-order valence-corrected chi connectivity index (χ2v) is 7.77. The normalized spacial score (nSPS) is 10.6. The van der Waals surface area contributed by atoms with Crippen LogP contribution in [-0.2, 0) is 0 Å². The van der Waals surface area contributed by atoms with Crippen molar-refractivity contribution in [2.75, 3.05) is 16.9 Å². The van der Waals surface area contributed by atoms with Crippen LogP contribution in [0.3, 0.4) is 0 Å². The van der Waals surface area contributed by atoms with Crippen molar-refractivity contribution >= 4 is 29.2 Å². The maximum Gasteiger partial charge on any atom is 0.323 e. The predicted octanol–water partition coefficient (Wildman–Crippen LogP) is 5.44. The lowest BCUT2D eigenvalue weighted by Gasteiger charge is -2.11. The summed E-state index contributed by atoms with van der Waals surface area (Å²) in [6.07, 6.45) is 5.55. The molecule has 32 heavy (non-hydrogen) atoms. The van der Waals surface area contributed by atoms with Crippen molar-refractivity contribution < 1.29 is 9.53 Å². The van der Waals surface area contributed by atoms with Crippen LogP contribution in [0.5, 0.6) is 11.6 Å². The van der Waals surface area contributed by atoms with Crippen LogP contribution in [0.1, 0.15) is 11.6 Å². The summed E-state index contributed by atoms with van der Waals surface area (Å²) in [6, 6.07) is 16.2. The fourth-order valence-electron chi connectivity index (χ4n) is 3.04. The number of aryl methyl sites for hydroxylation is 2. The Morgan fingerprint density at radius 3 is 2.50 bits per heavy atom. The van der Waals surface area contributed by atoms with Crippen molar-refractivity contribution in [1.29, 1.82) is 0 Å². The summed E-state index contributed by atoms with van der Waals surface area (Å²) in [4.78, 5) is 26.4. The Kier molecular flexibility index (Phi) is 6.37. The lowest BCUT2D eigenvalue weighted by Crippen LogP contribution is -2.19. The average molecular weight is 447 g/mol. The van der Waals surface area contributed by atoms with E-state index in [1.54, 1.807) is 48.3 Å². The highest BCUT2D eigenvalue weighted by Crippen LogP contribution is 2.24. The second kappa shape index (κ2) is 9.52. The van der Waals surface area contributed by atoms with Crippen molar-refractivity contribution in [2.24, 2.45) is 0 Å². The number of hydrogen-bond acceptors (Lipinski definition) is 6. The molecule has 0 aliphatic carbocycles. The van der Waals surface area contributed by atoms with E-state index in [-0.39, 0.29) is 6.03 Å². The molecular formula is C23H22N6O2S. The number of benzene rings is 2. The first kappa shape index (κ1) is 21.4. The molecule has 0 radical (unpaired) electrons. The molecule has 0 unspecified atom stereocenters. The van der Waals surface area contributed by atoms with E-state index in [0.29, 0.717) is 29.0 Å². The number of thioether (sulfide) groups is 1. The summed E-state index contributed by atoms with van der Waals surface area (Å²) < 4.78 is 7.77. The molecule has 2 amide bonds. The zero-order valence-corrected chi connectivity index (χ0v) is 18.7. The highest BCUT2D eigenvalue weighted by atomic mass is 32.2. The van der Waals surface area contributed by atoms with Gasteiger partial charge in [-0.15, -0.1) is 11.8 Å². The van der Waals surface area contributed by atoms with Crippen LogP contribution in [-0.4, -0.2) is 31.8 Å². The van der Waals surface area contributed by atoms with Gasteiger partial charge in [0.05, 0.1) is 0 Å². The van der Waals surface area contributed by atoms with Crippen molar-refractivity contribution in [3.8, 4) is 17.4 Å². The van der Waals surface area contributed by atoms with Gasteiger partial charge < -0.3 is 15.4 Å². The third-order valence-corrected chi connectivity index (χ3v) is 5.26. The van der Waals surface area contributed by atoms with Crippen LogP contribution in [0.2, 0.25) is 0 Å². The van der Waals surface area contributed by atoms with Crippen LogP contribution in [0.25, 0.3) is 5.82 Å². The fraction of sp³-hybridized carbons (Fsp3) is 0.130. The van der Waals surface area contributed by atoms with Crippen LogP contribution in [0.15, 0.2) is 71.9 Å². The molecule has 2 N–H and O–H groups in total. The number of nitrogens with zero attached hydrogens (tertiary/aromatic N) is 4. The number of aromatic nitrogens is 4. The van der Waals surface area contributed by atoms with Gasteiger partial charge in [0, 0.05) is 34.7 Å². The number of carbonyl (C=O) groups excluding carboxylic acids is 1. The number of urea groups is 1. The van der Waals surface area contributed by atoms with Crippen molar-refractivity contribution in [1.82, 2.24) is 19.5 Å². The summed E-state index contributed by atoms with van der Waals surface area (Å²) in [6.45, 7) is 3.71. The highest BCUT2D eigenvalue weighted by Gasteiger charge is 2.09. The maximum absolute atomic E-state index is 12.3. The van der Waals surface area contributed by atoms with Crippen molar-refractivity contribution in [3.63, 3.8) is 0 Å². The molecule has 9 heteroatoms. The molecule has 0 aliphatic rings. The molecule has 0 bridgehead atoms. The predicted molar refractivity (Wildman–Crippen MR) is 126 cm³/mol. The van der Waals surface area contributed by atoms with Gasteiger partial charge in [-0.1, -0.05) is 6.07 Å². The number of rotatable bonds is 6. The first-order valence-corrected chi connectivity index (χ1v) is 11.1. The smallest absolute Gasteiger partial charge is 0.323 e. The molecule has 2 aromatic heterocycles. The molecule has 0 spiro atoms. The molecule has 8 nitrogen and oxygen atoms in total. The molecule has 0 aliphatic heterocycles. The monoisotopic (exact) mass is 446 g/mol. The minimum Gasteiger partial charge on any atom is -0.439 e. The van der Waals surface area contributed by atoms with Gasteiger partial charge >= 0.3 is 6.03 Å². The minimum atomic E-state index is -0.316. The number of carbonyl (C=O) groups is 1. The maximum atomic E-state index is 12.3. The van der Waals surface area contributed by atoms with E-state index in [1.165, 1.54) is 0 Å². The Morgan fingerprint density at radius 2 is 1.78 bits per heavy atom. The van der Waals surface area contributed by atoms with E-state index in [9.17, 15) is 4.79 Å². The van der Waals surface area contributed by atoms with E-state index in [1.807, 2.05) is 55.1 Å². The van der Waals surface area contributed by atoms with Crippen molar-refractivity contribution in [3.05, 3.63) is 78.6 Å². The lowest BCUT2D eigenvalue weighted by atomic mass is 10.3. The Bertz CT molecular complexity index is 1240. The first-order valence-electron chi connectivity index (χ1n) is 9.86. The van der Waals surface area contributed by atoms with E-state index in [4.69, 9.17) is 4.74 Å². The van der Waals surface area contributed by atoms with E-state index in [2.05, 4.69) is 25.6 Å². The molecular weight excluding hydrogens is 424 g/mol. The molecule has 4 rings (SSSR count). The average Bonchev–Trinajstić information content (AvgIpc) is 3.21. The number of ether oxygens (including phenoxy) is 1. The quantitative estimate of drug-likeness (QED) is 0.383. The largest absolute Gasteiger partial charge is 0.439 e. The van der Waals surface area contributed by atoms with Crippen molar-refractivity contribution in [2.45, 2.75) is 18.7 Å². The number of amides is 2. The molecule has 0 saturated heterocycles. The molecule has 0 atom stereocenters. The molecule has 162 valence electrons. The second-order valence-electron chi connectivity index (χ2n) is 6.89. The van der Waals surface area contributed by atoms with Crippen LogP contribution < -0.4 is 15.4 Å². The van der Waals surface area contributed by atoms with Gasteiger partial charge in [-0.2, -0.15) is 4.98 Å². The van der Waals surface area contributed by atoms with E-state index < -0.39 is 0 Å². The van der Waals surface area contributed by atoms with Gasteiger partial charge in [0.2, 0.25) is 5.88 Å². The minimum absolute atomic E-state index is 0.316. The highest BCUT2D eigenvalue weighted by molar-refractivity contribution is 7.98. The van der Waals surface area contributed by atoms with Crippen LogP contribution in [0, 0.1) is 13.8 Å². The summed E-state index contributed by atoms with van der Waals surface area (Å²) in [5.74, 6) is 3.11. The summed E-state index contributed by atoms with van der Waals surface area (Å²) in [5, 5.41) is 5.64. The number of anilines is 2. The number of imidazole rings is 1. The topological polar surface area (TPSA) is 94.0 Å². The SMILES string of the molecule is CSc1cccc(NC(=O)Nc2ccc(Oc3cc(-n4ccnc4C)nc(C)n3)cc2)c1. The van der Waals surface area contributed by atoms with Gasteiger partial charge in [0.25, 0.3) is 0 Å². The zero-order valence-electron chi connectivity index (χ0n) is 17.9. The van der Waals surface area contributed by atoms with E-state index in [0.717, 1.165) is 16.4 Å². The molecule has 2 aromatic carbocycles. The number of nitrogens with one attached hydrogen (secondary N) is 2. The standard InChI is InChI=1S/C23H22N6O2S/c1-15-25-21(29-12-11-24-16(29)2)14-22(26-15)31-19-9-7-17(8-10-19)27-23(30)28-18-5-4-6-20(13-18)32-3/h4-14H,1-3H3,(H2,27,28,30). The third-order valence-electron chi connectivity index (χ3n) is 4.54. The Labute approximate surface area is 190 Å². The molecule has 0 fully saturated rings. The summed E-state index contributed by atoms with van der Waals surface area (Å²) in [5.41, 5.74) is 1.38.